The van der Waals surface area contributed by atoms with Crippen molar-refractivity contribution in [2.45, 2.75) is 6.42 Å². The summed E-state index contributed by atoms with van der Waals surface area (Å²) in [6.07, 6.45) is 0.403. The maximum Gasteiger partial charge on any atom is 0.319 e. The van der Waals surface area contributed by atoms with Crippen LogP contribution in [0.5, 0.6) is 0 Å². The summed E-state index contributed by atoms with van der Waals surface area (Å²) in [5.41, 5.74) is 6.58. The van der Waals surface area contributed by atoms with Gasteiger partial charge in [0.15, 0.2) is 0 Å². The quantitative estimate of drug-likeness (QED) is 0.791. The third kappa shape index (κ3) is 4.31. The molecule has 0 unspecified atom stereocenters. The molecule has 0 spiro atoms. The number of anilines is 1. The molecule has 3 amide bonds. The number of amides is 3. The molecule has 114 valence electrons. The number of rotatable bonds is 5. The molecule has 0 aliphatic carbocycles. The summed E-state index contributed by atoms with van der Waals surface area (Å²) >= 11 is 0. The van der Waals surface area contributed by atoms with Gasteiger partial charge in [-0.3, -0.25) is 4.79 Å². The highest BCUT2D eigenvalue weighted by atomic mass is 19.1. The summed E-state index contributed by atoms with van der Waals surface area (Å²) in [7, 11) is 0. The highest BCUT2D eigenvalue weighted by Crippen LogP contribution is 2.09. The number of halogens is 1. The van der Waals surface area contributed by atoms with Crippen molar-refractivity contribution >= 4 is 17.6 Å². The van der Waals surface area contributed by atoms with Crippen LogP contribution < -0.4 is 16.4 Å². The lowest BCUT2D eigenvalue weighted by atomic mass is 10.1. The second kappa shape index (κ2) is 7.21. The standard InChI is InChI=1S/C16H16FN3O2/c17-14-4-2-1-3-11(14)9-10-19-16(22)20-13-7-5-12(6-8-13)15(18)21/h1-8H,9-10H2,(H2,18,21)(H2,19,20,22). The predicted octanol–water partition coefficient (Wildman–Crippen LogP) is 2.29. The molecular formula is C16H16FN3O2. The molecule has 0 radical (unpaired) electrons. The summed E-state index contributed by atoms with van der Waals surface area (Å²) in [4.78, 5) is 22.6. The Morgan fingerprint density at radius 1 is 1.05 bits per heavy atom. The van der Waals surface area contributed by atoms with E-state index in [0.29, 0.717) is 29.8 Å². The first-order valence-corrected chi connectivity index (χ1v) is 6.74. The van der Waals surface area contributed by atoms with Crippen LogP contribution >= 0.6 is 0 Å². The fourth-order valence-electron chi connectivity index (χ4n) is 1.90. The van der Waals surface area contributed by atoms with Crippen LogP contribution in [0.25, 0.3) is 0 Å². The Kier molecular flexibility index (Phi) is 5.08. The van der Waals surface area contributed by atoms with E-state index in [1.807, 2.05) is 0 Å². The molecular weight excluding hydrogens is 285 g/mol. The summed E-state index contributed by atoms with van der Waals surface area (Å²) < 4.78 is 13.4. The van der Waals surface area contributed by atoms with E-state index in [1.165, 1.54) is 18.2 Å². The van der Waals surface area contributed by atoms with Gasteiger partial charge in [-0.25, -0.2) is 9.18 Å². The zero-order chi connectivity index (χ0) is 15.9. The normalized spacial score (nSPS) is 10.0. The van der Waals surface area contributed by atoms with Gasteiger partial charge in [0, 0.05) is 17.8 Å². The van der Waals surface area contributed by atoms with Crippen molar-refractivity contribution < 1.29 is 14.0 Å². The third-order valence-electron chi connectivity index (χ3n) is 3.07. The minimum absolute atomic E-state index is 0.285. The van der Waals surface area contributed by atoms with Gasteiger partial charge in [-0.15, -0.1) is 0 Å². The Morgan fingerprint density at radius 3 is 2.36 bits per heavy atom. The van der Waals surface area contributed by atoms with E-state index < -0.39 is 11.9 Å². The highest BCUT2D eigenvalue weighted by molar-refractivity contribution is 5.94. The van der Waals surface area contributed by atoms with Crippen LogP contribution in [0.15, 0.2) is 48.5 Å². The molecule has 2 aromatic rings. The number of benzene rings is 2. The lowest BCUT2D eigenvalue weighted by molar-refractivity contribution is 0.100. The number of hydrogen-bond donors (Lipinski definition) is 3. The number of primary amides is 1. The minimum atomic E-state index is -0.527. The van der Waals surface area contributed by atoms with E-state index in [0.717, 1.165) is 0 Å². The van der Waals surface area contributed by atoms with Crippen LogP contribution in [0.2, 0.25) is 0 Å². The number of carbonyl (C=O) groups excluding carboxylic acids is 2. The number of carbonyl (C=O) groups is 2. The lowest BCUT2D eigenvalue weighted by Crippen LogP contribution is -2.30. The molecule has 22 heavy (non-hydrogen) atoms. The zero-order valence-electron chi connectivity index (χ0n) is 11.8. The molecule has 2 rings (SSSR count). The van der Waals surface area contributed by atoms with Gasteiger partial charge in [-0.2, -0.15) is 0 Å². The van der Waals surface area contributed by atoms with Gasteiger partial charge < -0.3 is 16.4 Å². The molecule has 0 saturated heterocycles. The van der Waals surface area contributed by atoms with Crippen LogP contribution in [-0.4, -0.2) is 18.5 Å². The molecule has 0 bridgehead atoms. The lowest BCUT2D eigenvalue weighted by Gasteiger charge is -2.08. The maximum absolute atomic E-state index is 13.4. The number of urea groups is 1. The van der Waals surface area contributed by atoms with Crippen molar-refractivity contribution in [3.63, 3.8) is 0 Å². The topological polar surface area (TPSA) is 84.2 Å². The van der Waals surface area contributed by atoms with E-state index in [9.17, 15) is 14.0 Å². The van der Waals surface area contributed by atoms with Gasteiger partial charge in [0.25, 0.3) is 0 Å². The molecule has 2 aromatic carbocycles. The van der Waals surface area contributed by atoms with Crippen LogP contribution in [-0.2, 0) is 6.42 Å². The maximum atomic E-state index is 13.4. The number of hydrogen-bond acceptors (Lipinski definition) is 2. The first kappa shape index (κ1) is 15.5. The van der Waals surface area contributed by atoms with Crippen molar-refractivity contribution in [3.8, 4) is 0 Å². The Bertz CT molecular complexity index is 671. The molecule has 0 saturated carbocycles. The summed E-state index contributed by atoms with van der Waals surface area (Å²) in [6, 6.07) is 12.2. The molecule has 0 atom stereocenters. The molecule has 5 nitrogen and oxygen atoms in total. The van der Waals surface area contributed by atoms with Crippen LogP contribution in [0.3, 0.4) is 0 Å². The first-order chi connectivity index (χ1) is 10.6. The summed E-state index contributed by atoms with van der Waals surface area (Å²) in [5, 5.41) is 5.25. The molecule has 0 fully saturated rings. The van der Waals surface area contributed by atoms with Gasteiger partial charge >= 0.3 is 6.03 Å². The molecule has 0 aliphatic rings. The second-order valence-corrected chi connectivity index (χ2v) is 4.66. The monoisotopic (exact) mass is 301 g/mol. The predicted molar refractivity (Wildman–Crippen MR) is 82.1 cm³/mol. The molecule has 0 aromatic heterocycles. The number of nitrogens with one attached hydrogen (secondary N) is 2. The minimum Gasteiger partial charge on any atom is -0.366 e. The average Bonchev–Trinajstić information content (AvgIpc) is 2.50. The zero-order valence-corrected chi connectivity index (χ0v) is 11.8. The SMILES string of the molecule is NC(=O)c1ccc(NC(=O)NCCc2ccccc2F)cc1. The van der Waals surface area contributed by atoms with Crippen LogP contribution in [0.1, 0.15) is 15.9 Å². The fraction of sp³-hybridized carbons (Fsp3) is 0.125. The van der Waals surface area contributed by atoms with Gasteiger partial charge in [0.2, 0.25) is 5.91 Å². The van der Waals surface area contributed by atoms with Crippen LogP contribution in [0.4, 0.5) is 14.9 Å². The van der Waals surface area contributed by atoms with Crippen molar-refractivity contribution in [2.75, 3.05) is 11.9 Å². The van der Waals surface area contributed by atoms with Crippen LogP contribution in [0, 0.1) is 5.82 Å². The van der Waals surface area contributed by atoms with E-state index in [-0.39, 0.29) is 5.82 Å². The molecule has 6 heteroatoms. The Balaban J connectivity index is 1.80. The van der Waals surface area contributed by atoms with Crippen molar-refractivity contribution in [1.82, 2.24) is 5.32 Å². The van der Waals surface area contributed by atoms with E-state index in [1.54, 1.807) is 30.3 Å². The summed E-state index contributed by atoms with van der Waals surface area (Å²) in [5.74, 6) is -0.812. The molecule has 0 heterocycles. The van der Waals surface area contributed by atoms with Gasteiger partial charge in [0.05, 0.1) is 0 Å². The van der Waals surface area contributed by atoms with Gasteiger partial charge in [-0.05, 0) is 42.3 Å². The molecule has 4 N–H and O–H groups in total. The Hall–Kier alpha value is -2.89. The number of nitrogens with two attached hydrogens (primary N) is 1. The average molecular weight is 301 g/mol. The highest BCUT2D eigenvalue weighted by Gasteiger charge is 2.05. The van der Waals surface area contributed by atoms with Gasteiger partial charge in [0.1, 0.15) is 5.82 Å². The Labute approximate surface area is 127 Å². The fourth-order valence-corrected chi connectivity index (χ4v) is 1.90. The van der Waals surface area contributed by atoms with E-state index in [4.69, 9.17) is 5.73 Å². The third-order valence-corrected chi connectivity index (χ3v) is 3.07. The van der Waals surface area contributed by atoms with Gasteiger partial charge in [-0.1, -0.05) is 18.2 Å². The smallest absolute Gasteiger partial charge is 0.319 e. The first-order valence-electron chi connectivity index (χ1n) is 6.74. The van der Waals surface area contributed by atoms with E-state index in [2.05, 4.69) is 10.6 Å². The second-order valence-electron chi connectivity index (χ2n) is 4.66. The van der Waals surface area contributed by atoms with E-state index >= 15 is 0 Å². The Morgan fingerprint density at radius 2 is 1.73 bits per heavy atom. The van der Waals surface area contributed by atoms with Crippen molar-refractivity contribution in [3.05, 3.63) is 65.5 Å². The largest absolute Gasteiger partial charge is 0.366 e. The molecule has 0 aliphatic heterocycles. The summed E-state index contributed by atoms with van der Waals surface area (Å²) in [6.45, 7) is 0.312. The van der Waals surface area contributed by atoms with Crippen molar-refractivity contribution in [1.29, 1.82) is 0 Å². The van der Waals surface area contributed by atoms with Crippen molar-refractivity contribution in [2.24, 2.45) is 5.73 Å².